The zero-order valence-electron chi connectivity index (χ0n) is 23.5. The van der Waals surface area contributed by atoms with Crippen LogP contribution in [0.2, 0.25) is 0 Å². The Balaban J connectivity index is 1.93. The Kier molecular flexibility index (Phi) is 9.41. The van der Waals surface area contributed by atoms with Gasteiger partial charge in [0.15, 0.2) is 0 Å². The molecular weight excluding hydrogens is 466 g/mol. The van der Waals surface area contributed by atoms with Crippen molar-refractivity contribution in [2.75, 3.05) is 18.6 Å². The van der Waals surface area contributed by atoms with Gasteiger partial charge in [0.25, 0.3) is 0 Å². The summed E-state index contributed by atoms with van der Waals surface area (Å²) in [6.45, 7) is 13.5. The van der Waals surface area contributed by atoms with E-state index in [9.17, 15) is 14.7 Å². The smallest absolute Gasteiger partial charge is 0.313 e. The minimum atomic E-state index is -0.834. The van der Waals surface area contributed by atoms with Crippen LogP contribution in [-0.2, 0) is 33.7 Å². The number of ether oxygens (including phenoxy) is 2. The molecule has 0 aromatic heterocycles. The van der Waals surface area contributed by atoms with Gasteiger partial charge in [-0.1, -0.05) is 44.2 Å². The highest BCUT2D eigenvalue weighted by molar-refractivity contribution is 5.95. The fraction of sp³-hybridized carbons (Fsp3) is 0.548. The molecule has 1 aliphatic heterocycles. The summed E-state index contributed by atoms with van der Waals surface area (Å²) in [4.78, 5) is 26.2. The van der Waals surface area contributed by atoms with Gasteiger partial charge in [0, 0.05) is 43.2 Å². The normalized spacial score (nSPS) is 14.7. The van der Waals surface area contributed by atoms with E-state index in [-0.39, 0.29) is 36.8 Å². The summed E-state index contributed by atoms with van der Waals surface area (Å²) in [5.41, 5.74) is 6.99. The van der Waals surface area contributed by atoms with E-state index in [1.807, 2.05) is 6.07 Å². The second-order valence-electron chi connectivity index (χ2n) is 11.1. The van der Waals surface area contributed by atoms with Crippen LogP contribution >= 0.6 is 0 Å². The first kappa shape index (κ1) is 28.7. The molecule has 2 aromatic carbocycles. The number of fused-ring (bicyclic) bond motifs is 1. The van der Waals surface area contributed by atoms with Gasteiger partial charge >= 0.3 is 5.97 Å². The van der Waals surface area contributed by atoms with Crippen LogP contribution in [0.25, 0.3) is 0 Å². The molecule has 0 fully saturated rings. The van der Waals surface area contributed by atoms with Crippen LogP contribution in [0.15, 0.2) is 30.3 Å². The lowest BCUT2D eigenvalue weighted by Gasteiger charge is -2.30. The first-order chi connectivity index (χ1) is 17.4. The molecule has 6 nitrogen and oxygen atoms in total. The van der Waals surface area contributed by atoms with Gasteiger partial charge in [-0.2, -0.15) is 0 Å². The number of esters is 1. The summed E-state index contributed by atoms with van der Waals surface area (Å²) >= 11 is 0. The molecule has 1 heterocycles. The predicted octanol–water partition coefficient (Wildman–Crippen LogP) is 5.67. The third kappa shape index (κ3) is 7.13. The van der Waals surface area contributed by atoms with E-state index in [1.165, 1.54) is 27.9 Å². The average Bonchev–Trinajstić information content (AvgIpc) is 3.14. The lowest BCUT2D eigenvalue weighted by molar-refractivity contribution is -0.145. The highest BCUT2D eigenvalue weighted by Crippen LogP contribution is 2.48. The van der Waals surface area contributed by atoms with E-state index >= 15 is 0 Å². The van der Waals surface area contributed by atoms with Crippen molar-refractivity contribution in [3.05, 3.63) is 58.1 Å². The molecule has 1 N–H and O–H groups in total. The summed E-state index contributed by atoms with van der Waals surface area (Å²) < 4.78 is 11.4. The van der Waals surface area contributed by atoms with Crippen LogP contribution in [0.3, 0.4) is 0 Å². The fourth-order valence-corrected chi connectivity index (χ4v) is 5.46. The van der Waals surface area contributed by atoms with Gasteiger partial charge in [-0.3, -0.25) is 9.59 Å². The van der Waals surface area contributed by atoms with Gasteiger partial charge in [-0.15, -0.1) is 0 Å². The second-order valence-corrected chi connectivity index (χ2v) is 11.1. The van der Waals surface area contributed by atoms with Gasteiger partial charge in [0.05, 0.1) is 12.7 Å². The highest BCUT2D eigenvalue weighted by atomic mass is 16.5. The molecule has 0 spiro atoms. The zero-order chi connectivity index (χ0) is 27.3. The lowest BCUT2D eigenvalue weighted by atomic mass is 9.84. The molecule has 202 valence electrons. The molecule has 1 atom stereocenters. The lowest BCUT2D eigenvalue weighted by Crippen LogP contribution is -2.25. The molecule has 6 heteroatoms. The highest BCUT2D eigenvalue weighted by Gasteiger charge is 2.37. The van der Waals surface area contributed by atoms with E-state index in [1.54, 1.807) is 6.92 Å². The third-order valence-electron chi connectivity index (χ3n) is 6.98. The molecule has 0 amide bonds. The fourth-order valence-electron chi connectivity index (χ4n) is 5.46. The third-order valence-corrected chi connectivity index (χ3v) is 6.98. The topological polar surface area (TPSA) is 76.1 Å². The monoisotopic (exact) mass is 509 g/mol. The Morgan fingerprint density at radius 2 is 1.86 bits per heavy atom. The van der Waals surface area contributed by atoms with E-state index < -0.39 is 12.1 Å². The van der Waals surface area contributed by atoms with Crippen LogP contribution in [0.1, 0.15) is 87.6 Å². The van der Waals surface area contributed by atoms with Crippen molar-refractivity contribution in [1.29, 1.82) is 0 Å². The van der Waals surface area contributed by atoms with Crippen molar-refractivity contribution in [3.63, 3.8) is 0 Å². The quantitative estimate of drug-likeness (QED) is 0.293. The minimum absolute atomic E-state index is 0.0585. The maximum absolute atomic E-state index is 12.3. The Morgan fingerprint density at radius 3 is 2.49 bits per heavy atom. The number of rotatable bonds is 12. The largest absolute Gasteiger partial charge is 0.487 e. The van der Waals surface area contributed by atoms with Crippen LogP contribution < -0.4 is 9.64 Å². The molecule has 3 rings (SSSR count). The maximum Gasteiger partial charge on any atom is 0.313 e. The number of ketones is 1. The second kappa shape index (κ2) is 12.1. The number of carbonyl (C=O) groups is 2. The summed E-state index contributed by atoms with van der Waals surface area (Å²) in [5, 5.41) is 10.7. The average molecular weight is 510 g/mol. The first-order valence-corrected chi connectivity index (χ1v) is 13.4. The van der Waals surface area contributed by atoms with Gasteiger partial charge < -0.3 is 19.5 Å². The molecule has 1 aliphatic rings. The van der Waals surface area contributed by atoms with E-state index in [0.29, 0.717) is 12.8 Å². The zero-order valence-corrected chi connectivity index (χ0v) is 23.5. The van der Waals surface area contributed by atoms with E-state index in [0.717, 1.165) is 24.3 Å². The number of nitrogens with zero attached hydrogens (tertiary/aromatic N) is 1. The summed E-state index contributed by atoms with van der Waals surface area (Å²) in [6, 6.07) is 10.4. The van der Waals surface area contributed by atoms with Crippen molar-refractivity contribution in [2.45, 2.75) is 97.8 Å². The number of hydrogen-bond acceptors (Lipinski definition) is 6. The molecule has 0 radical (unpaired) electrons. The van der Waals surface area contributed by atoms with Crippen molar-refractivity contribution in [1.82, 2.24) is 0 Å². The molecule has 1 unspecified atom stereocenters. The van der Waals surface area contributed by atoms with Gasteiger partial charge in [-0.25, -0.2) is 0 Å². The van der Waals surface area contributed by atoms with E-state index in [4.69, 9.17) is 9.47 Å². The number of Topliss-reactive ketones (excluding diaryl/α,β-unsaturated/α-hetero) is 1. The number of anilines is 1. The van der Waals surface area contributed by atoms with Crippen molar-refractivity contribution < 1.29 is 24.2 Å². The van der Waals surface area contributed by atoms with Crippen LogP contribution in [-0.4, -0.2) is 42.2 Å². The molecule has 0 bridgehead atoms. The summed E-state index contributed by atoms with van der Waals surface area (Å²) in [5.74, 6) is 0.333. The molecular formula is C31H43NO5. The van der Waals surface area contributed by atoms with E-state index in [2.05, 4.69) is 70.8 Å². The number of benzene rings is 2. The predicted molar refractivity (Wildman–Crippen MR) is 147 cm³/mol. The van der Waals surface area contributed by atoms with Crippen molar-refractivity contribution in [2.24, 2.45) is 0 Å². The van der Waals surface area contributed by atoms with Gasteiger partial charge in [0.2, 0.25) is 0 Å². The molecule has 37 heavy (non-hydrogen) atoms. The number of aliphatic hydroxyl groups excluding tert-OH is 1. The SMILES string of the molecule is CCOC(=O)CC(=O)CC(O)CCc1c2c(c(C)c(N(C)Cc3ccccc3)c1C(C)C)CC(C)(C)O2. The summed E-state index contributed by atoms with van der Waals surface area (Å²) in [7, 11) is 2.14. The number of hydrogen-bond donors (Lipinski definition) is 1. The molecule has 0 aliphatic carbocycles. The molecule has 0 saturated heterocycles. The number of carbonyl (C=O) groups excluding carboxylic acids is 2. The van der Waals surface area contributed by atoms with Gasteiger partial charge in [-0.05, 0) is 63.1 Å². The minimum Gasteiger partial charge on any atom is -0.487 e. The first-order valence-electron chi connectivity index (χ1n) is 13.4. The molecule has 2 aromatic rings. The van der Waals surface area contributed by atoms with Crippen molar-refractivity contribution in [3.8, 4) is 5.75 Å². The number of aliphatic hydroxyl groups is 1. The Hall–Kier alpha value is -2.86. The standard InChI is InChI=1S/C31H43NO5/c1-8-36-27(35)17-24(34)16-23(33)14-15-25-28(20(2)3)29(32(7)19-22-12-10-9-11-13-22)21(4)26-18-31(5,6)37-30(25)26/h9-13,20,23,33H,8,14-19H2,1-7H3. The van der Waals surface area contributed by atoms with Crippen LogP contribution in [0, 0.1) is 6.92 Å². The van der Waals surface area contributed by atoms with Crippen LogP contribution in [0.4, 0.5) is 5.69 Å². The van der Waals surface area contributed by atoms with Crippen LogP contribution in [0.5, 0.6) is 5.75 Å². The summed E-state index contributed by atoms with van der Waals surface area (Å²) in [6.07, 6.45) is 0.637. The Morgan fingerprint density at radius 1 is 1.19 bits per heavy atom. The maximum atomic E-state index is 12.3. The van der Waals surface area contributed by atoms with Gasteiger partial charge in [0.1, 0.15) is 23.6 Å². The Labute approximate surface area is 222 Å². The molecule has 0 saturated carbocycles. The Bertz CT molecular complexity index is 1110. The van der Waals surface area contributed by atoms with Crippen molar-refractivity contribution >= 4 is 17.4 Å².